The minimum Gasteiger partial charge on any atom is -0.435 e. The standard InChI is InChI=1S/C21H20F2N6O2S/c1-2-3-12-28-19(30)16-6-4-5-7-17(16)24-21(28)32-13-18-25-26-27-29(18)14-8-10-15(11-9-14)31-20(22)23/h4-11,20H,2-3,12-13H2,1H3. The van der Waals surface area contributed by atoms with Crippen molar-refractivity contribution in [3.05, 3.63) is 64.7 Å². The average Bonchev–Trinajstić information content (AvgIpc) is 3.26. The van der Waals surface area contributed by atoms with E-state index in [0.717, 1.165) is 12.8 Å². The number of thioether (sulfide) groups is 1. The van der Waals surface area contributed by atoms with Crippen LogP contribution in [0.3, 0.4) is 0 Å². The van der Waals surface area contributed by atoms with E-state index >= 15 is 0 Å². The maximum absolute atomic E-state index is 13.0. The Balaban J connectivity index is 1.59. The van der Waals surface area contributed by atoms with Crippen molar-refractivity contribution < 1.29 is 13.5 Å². The number of hydrogen-bond donors (Lipinski definition) is 0. The third-order valence-corrected chi connectivity index (χ3v) is 5.71. The van der Waals surface area contributed by atoms with Crippen LogP contribution in [0.5, 0.6) is 5.75 Å². The Kier molecular flexibility index (Phi) is 6.74. The second-order valence-corrected chi connectivity index (χ2v) is 7.83. The molecule has 0 fully saturated rings. The number of alkyl halides is 2. The Bertz CT molecular complexity index is 1260. The van der Waals surface area contributed by atoms with Crippen molar-refractivity contribution >= 4 is 22.7 Å². The van der Waals surface area contributed by atoms with Crippen LogP contribution in [0.15, 0.2) is 58.5 Å². The van der Waals surface area contributed by atoms with Crippen molar-refractivity contribution in [2.45, 2.75) is 43.8 Å². The van der Waals surface area contributed by atoms with Gasteiger partial charge in [-0.05, 0) is 53.2 Å². The predicted molar refractivity (Wildman–Crippen MR) is 116 cm³/mol. The molecule has 11 heteroatoms. The second-order valence-electron chi connectivity index (χ2n) is 6.89. The Morgan fingerprint density at radius 1 is 1.12 bits per heavy atom. The molecule has 0 unspecified atom stereocenters. The molecule has 32 heavy (non-hydrogen) atoms. The smallest absolute Gasteiger partial charge is 0.387 e. The van der Waals surface area contributed by atoms with Crippen molar-refractivity contribution in [3.8, 4) is 11.4 Å². The average molecular weight is 458 g/mol. The van der Waals surface area contributed by atoms with Crippen molar-refractivity contribution in [1.29, 1.82) is 0 Å². The number of benzene rings is 2. The molecule has 0 N–H and O–H groups in total. The summed E-state index contributed by atoms with van der Waals surface area (Å²) < 4.78 is 32.3. The fourth-order valence-corrected chi connectivity index (χ4v) is 4.10. The van der Waals surface area contributed by atoms with Crippen LogP contribution in [0.2, 0.25) is 0 Å². The van der Waals surface area contributed by atoms with Crippen molar-refractivity contribution in [2.75, 3.05) is 0 Å². The number of fused-ring (bicyclic) bond motifs is 1. The van der Waals surface area contributed by atoms with Gasteiger partial charge in [-0.25, -0.2) is 4.98 Å². The lowest BCUT2D eigenvalue weighted by Gasteiger charge is -2.12. The van der Waals surface area contributed by atoms with Crippen LogP contribution in [0.25, 0.3) is 16.6 Å². The predicted octanol–water partition coefficient (Wildman–Crippen LogP) is 4.07. The first kappa shape index (κ1) is 21.9. The number of nitrogens with zero attached hydrogens (tertiary/aromatic N) is 6. The van der Waals surface area contributed by atoms with Crippen LogP contribution in [-0.4, -0.2) is 36.4 Å². The van der Waals surface area contributed by atoms with Crippen molar-refractivity contribution in [2.24, 2.45) is 0 Å². The van der Waals surface area contributed by atoms with Crippen LogP contribution in [0, 0.1) is 0 Å². The quantitative estimate of drug-likeness (QED) is 0.276. The van der Waals surface area contributed by atoms with Gasteiger partial charge >= 0.3 is 6.61 Å². The summed E-state index contributed by atoms with van der Waals surface area (Å²) in [5, 5.41) is 13.0. The van der Waals surface area contributed by atoms with E-state index in [1.165, 1.54) is 28.6 Å². The molecule has 166 valence electrons. The summed E-state index contributed by atoms with van der Waals surface area (Å²) in [4.78, 5) is 17.7. The molecule has 4 aromatic rings. The van der Waals surface area contributed by atoms with Crippen LogP contribution in [0.4, 0.5) is 8.78 Å². The van der Waals surface area contributed by atoms with Gasteiger partial charge in [-0.2, -0.15) is 13.5 Å². The molecule has 0 radical (unpaired) electrons. The van der Waals surface area contributed by atoms with Gasteiger partial charge in [0.1, 0.15) is 5.75 Å². The zero-order valence-corrected chi connectivity index (χ0v) is 18.0. The van der Waals surface area contributed by atoms with Gasteiger partial charge in [-0.15, -0.1) is 5.10 Å². The van der Waals surface area contributed by atoms with Crippen molar-refractivity contribution in [1.82, 2.24) is 29.8 Å². The fourth-order valence-electron chi connectivity index (χ4n) is 3.17. The van der Waals surface area contributed by atoms with E-state index in [1.807, 2.05) is 18.2 Å². The Hall–Kier alpha value is -3.34. The molecular weight excluding hydrogens is 438 g/mol. The molecular formula is C21H20F2N6O2S. The molecule has 0 bridgehead atoms. The van der Waals surface area contributed by atoms with E-state index < -0.39 is 6.61 Å². The molecule has 0 saturated carbocycles. The molecule has 0 amide bonds. The number of halogens is 2. The Morgan fingerprint density at radius 3 is 2.66 bits per heavy atom. The Morgan fingerprint density at radius 2 is 1.91 bits per heavy atom. The summed E-state index contributed by atoms with van der Waals surface area (Å²) in [6, 6.07) is 13.3. The van der Waals surface area contributed by atoms with Crippen LogP contribution >= 0.6 is 11.8 Å². The highest BCUT2D eigenvalue weighted by molar-refractivity contribution is 7.98. The van der Waals surface area contributed by atoms with Crippen LogP contribution < -0.4 is 10.3 Å². The summed E-state index contributed by atoms with van der Waals surface area (Å²) in [6.45, 7) is -0.245. The summed E-state index contributed by atoms with van der Waals surface area (Å²) in [5.74, 6) is 0.939. The molecule has 0 atom stereocenters. The molecule has 0 aliphatic rings. The molecule has 0 spiro atoms. The lowest BCUT2D eigenvalue weighted by molar-refractivity contribution is -0.0498. The normalized spacial score (nSPS) is 11.4. The van der Waals surface area contributed by atoms with E-state index in [1.54, 1.807) is 22.8 Å². The minimum atomic E-state index is -2.89. The number of tetrazole rings is 1. The van der Waals surface area contributed by atoms with Gasteiger partial charge in [0.25, 0.3) is 5.56 Å². The zero-order valence-electron chi connectivity index (χ0n) is 17.2. The first-order valence-corrected chi connectivity index (χ1v) is 11.0. The molecule has 2 aromatic carbocycles. The number of ether oxygens (including phenoxy) is 1. The van der Waals surface area contributed by atoms with E-state index in [4.69, 9.17) is 4.98 Å². The topological polar surface area (TPSA) is 87.7 Å². The van der Waals surface area contributed by atoms with Gasteiger partial charge < -0.3 is 4.74 Å². The molecule has 2 aromatic heterocycles. The van der Waals surface area contributed by atoms with E-state index in [-0.39, 0.29) is 11.3 Å². The first-order valence-electron chi connectivity index (χ1n) is 10.0. The highest BCUT2D eigenvalue weighted by Crippen LogP contribution is 2.23. The number of unbranched alkanes of at least 4 members (excludes halogenated alkanes) is 1. The molecule has 4 rings (SSSR count). The maximum atomic E-state index is 13.0. The van der Waals surface area contributed by atoms with Crippen molar-refractivity contribution in [3.63, 3.8) is 0 Å². The van der Waals surface area contributed by atoms with Gasteiger partial charge in [0, 0.05) is 6.54 Å². The fraction of sp³-hybridized carbons (Fsp3) is 0.286. The monoisotopic (exact) mass is 458 g/mol. The highest BCUT2D eigenvalue weighted by Gasteiger charge is 2.15. The van der Waals surface area contributed by atoms with E-state index in [2.05, 4.69) is 27.2 Å². The lowest BCUT2D eigenvalue weighted by atomic mass is 10.2. The number of rotatable bonds is 9. The van der Waals surface area contributed by atoms with Gasteiger partial charge in [0.05, 0.1) is 22.3 Å². The molecule has 0 saturated heterocycles. The second kappa shape index (κ2) is 9.86. The largest absolute Gasteiger partial charge is 0.435 e. The third-order valence-electron chi connectivity index (χ3n) is 4.73. The Labute approximate surface area is 186 Å². The third kappa shape index (κ3) is 4.77. The van der Waals surface area contributed by atoms with Gasteiger partial charge in [-0.3, -0.25) is 9.36 Å². The highest BCUT2D eigenvalue weighted by atomic mass is 32.2. The minimum absolute atomic E-state index is 0.0491. The van der Waals surface area contributed by atoms with Crippen LogP contribution in [0.1, 0.15) is 25.6 Å². The van der Waals surface area contributed by atoms with Crippen LogP contribution in [-0.2, 0) is 12.3 Å². The summed E-state index contributed by atoms with van der Waals surface area (Å²) >= 11 is 1.37. The van der Waals surface area contributed by atoms with Gasteiger partial charge in [0.15, 0.2) is 11.0 Å². The SMILES string of the molecule is CCCCn1c(SCc2nnnn2-c2ccc(OC(F)F)cc2)nc2ccccc2c1=O. The van der Waals surface area contributed by atoms with Gasteiger partial charge in [-0.1, -0.05) is 37.2 Å². The van der Waals surface area contributed by atoms with Gasteiger partial charge in [0.2, 0.25) is 0 Å². The first-order chi connectivity index (χ1) is 15.6. The molecule has 8 nitrogen and oxygen atoms in total. The number of hydrogen-bond acceptors (Lipinski definition) is 7. The number of aromatic nitrogens is 6. The molecule has 0 aliphatic carbocycles. The maximum Gasteiger partial charge on any atom is 0.387 e. The van der Waals surface area contributed by atoms with E-state index in [0.29, 0.717) is 39.9 Å². The summed E-state index contributed by atoms with van der Waals surface area (Å²) in [6.07, 6.45) is 1.81. The summed E-state index contributed by atoms with van der Waals surface area (Å²) in [5.41, 5.74) is 1.17. The zero-order chi connectivity index (χ0) is 22.5. The molecule has 0 aliphatic heterocycles. The lowest BCUT2D eigenvalue weighted by Crippen LogP contribution is -2.23. The summed E-state index contributed by atoms with van der Waals surface area (Å²) in [7, 11) is 0. The van der Waals surface area contributed by atoms with E-state index in [9.17, 15) is 13.6 Å². The number of para-hydroxylation sites is 1. The molecule has 2 heterocycles.